The van der Waals surface area contributed by atoms with E-state index < -0.39 is 0 Å². The van der Waals surface area contributed by atoms with Crippen molar-refractivity contribution in [2.75, 3.05) is 0 Å². The van der Waals surface area contributed by atoms with Crippen LogP contribution in [0.3, 0.4) is 0 Å². The van der Waals surface area contributed by atoms with Gasteiger partial charge in [-0.15, -0.1) is 0 Å². The van der Waals surface area contributed by atoms with Crippen LogP contribution in [0.1, 0.15) is 62.3 Å². The molecule has 0 heterocycles. The molecule has 0 atom stereocenters. The highest BCUT2D eigenvalue weighted by atomic mass is 14.2. The molecule has 0 spiro atoms. The van der Waals surface area contributed by atoms with Gasteiger partial charge in [0.15, 0.2) is 0 Å². The summed E-state index contributed by atoms with van der Waals surface area (Å²) in [5, 5.41) is 0. The lowest BCUT2D eigenvalue weighted by Gasteiger charge is -2.26. The fourth-order valence-electron chi connectivity index (χ4n) is 3.71. The first-order valence-electron chi connectivity index (χ1n) is 8.97. The smallest absolute Gasteiger partial charge is 0.0181 e. The molecule has 1 aliphatic rings. The van der Waals surface area contributed by atoms with Crippen molar-refractivity contribution in [2.45, 2.75) is 53.4 Å². The SMILES string of the molecule is C.C=C(c1ccc(CC2CCC(C)CC2)cc1)c1cccc(C)c1. The molecular weight excluding hydrogens is 288 g/mol. The highest BCUT2D eigenvalue weighted by Gasteiger charge is 2.18. The molecule has 1 aliphatic carbocycles. The minimum absolute atomic E-state index is 0. The third-order valence-electron chi connectivity index (χ3n) is 5.33. The van der Waals surface area contributed by atoms with Crippen LogP contribution in [-0.2, 0) is 6.42 Å². The quantitative estimate of drug-likeness (QED) is 0.565. The first kappa shape index (κ1) is 18.5. The summed E-state index contributed by atoms with van der Waals surface area (Å²) in [4.78, 5) is 0. The molecule has 2 aromatic rings. The first-order valence-corrected chi connectivity index (χ1v) is 8.97. The largest absolute Gasteiger partial charge is 0.0906 e. The van der Waals surface area contributed by atoms with Crippen molar-refractivity contribution in [1.29, 1.82) is 0 Å². The minimum Gasteiger partial charge on any atom is -0.0906 e. The maximum absolute atomic E-state index is 4.29. The lowest BCUT2D eigenvalue weighted by molar-refractivity contribution is 0.289. The molecule has 0 aliphatic heterocycles. The Morgan fingerprint density at radius 1 is 0.958 bits per heavy atom. The van der Waals surface area contributed by atoms with E-state index in [0.717, 1.165) is 17.4 Å². The van der Waals surface area contributed by atoms with Crippen molar-refractivity contribution in [2.24, 2.45) is 11.8 Å². The summed E-state index contributed by atoms with van der Waals surface area (Å²) >= 11 is 0. The molecule has 0 nitrogen and oxygen atoms in total. The van der Waals surface area contributed by atoms with Crippen molar-refractivity contribution < 1.29 is 0 Å². The van der Waals surface area contributed by atoms with Crippen molar-refractivity contribution in [3.8, 4) is 0 Å². The van der Waals surface area contributed by atoms with Gasteiger partial charge in [-0.3, -0.25) is 0 Å². The Morgan fingerprint density at radius 3 is 2.25 bits per heavy atom. The molecule has 0 unspecified atom stereocenters. The van der Waals surface area contributed by atoms with Crippen LogP contribution in [0.4, 0.5) is 0 Å². The summed E-state index contributed by atoms with van der Waals surface area (Å²) in [6.07, 6.45) is 6.86. The standard InChI is InChI=1S/C23H28.CH4/c1-17-7-9-20(10-8-17)16-21-11-13-22(14-12-21)19(3)23-6-4-5-18(2)15-23;/h4-6,11-15,17,20H,3,7-10,16H2,1-2H3;1H4. The third kappa shape index (κ3) is 4.60. The number of aryl methyl sites for hydroxylation is 1. The molecule has 3 rings (SSSR count). The van der Waals surface area contributed by atoms with Crippen molar-refractivity contribution >= 4 is 5.57 Å². The number of hydrogen-bond acceptors (Lipinski definition) is 0. The van der Waals surface area contributed by atoms with E-state index in [2.05, 4.69) is 69.0 Å². The van der Waals surface area contributed by atoms with Gasteiger partial charge >= 0.3 is 0 Å². The van der Waals surface area contributed by atoms with Crippen LogP contribution in [0.15, 0.2) is 55.1 Å². The Kier molecular flexibility index (Phi) is 6.43. The molecule has 0 aromatic heterocycles. The lowest BCUT2D eigenvalue weighted by atomic mass is 9.80. The fraction of sp³-hybridized carbons (Fsp3) is 0.417. The molecule has 0 N–H and O–H groups in total. The topological polar surface area (TPSA) is 0 Å². The van der Waals surface area contributed by atoms with Gasteiger partial charge in [-0.2, -0.15) is 0 Å². The van der Waals surface area contributed by atoms with E-state index in [-0.39, 0.29) is 7.43 Å². The van der Waals surface area contributed by atoms with E-state index in [4.69, 9.17) is 0 Å². The zero-order chi connectivity index (χ0) is 16.2. The van der Waals surface area contributed by atoms with Gasteiger partial charge in [-0.05, 0) is 60.3 Å². The predicted octanol–water partition coefficient (Wildman–Crippen LogP) is 7.06. The Balaban J connectivity index is 0.00000208. The molecule has 0 heteroatoms. The summed E-state index contributed by atoms with van der Waals surface area (Å²) in [6, 6.07) is 17.7. The van der Waals surface area contributed by atoms with Gasteiger partial charge in [-0.25, -0.2) is 0 Å². The molecule has 0 amide bonds. The Labute approximate surface area is 148 Å². The van der Waals surface area contributed by atoms with E-state index in [0.29, 0.717) is 0 Å². The normalized spacial score (nSPS) is 20.2. The van der Waals surface area contributed by atoms with Crippen molar-refractivity contribution in [1.82, 2.24) is 0 Å². The Morgan fingerprint density at radius 2 is 1.62 bits per heavy atom. The van der Waals surface area contributed by atoms with Crippen LogP contribution in [0.25, 0.3) is 5.57 Å². The van der Waals surface area contributed by atoms with Gasteiger partial charge in [-0.1, -0.05) is 87.9 Å². The predicted molar refractivity (Wildman–Crippen MR) is 107 cm³/mol. The minimum atomic E-state index is 0. The van der Waals surface area contributed by atoms with Crippen LogP contribution >= 0.6 is 0 Å². The van der Waals surface area contributed by atoms with Crippen LogP contribution in [0, 0.1) is 18.8 Å². The molecule has 1 saturated carbocycles. The highest BCUT2D eigenvalue weighted by Crippen LogP contribution is 2.31. The van der Waals surface area contributed by atoms with Crippen molar-refractivity contribution in [3.05, 3.63) is 77.4 Å². The molecule has 128 valence electrons. The maximum Gasteiger partial charge on any atom is -0.0181 e. The first-order chi connectivity index (χ1) is 11.1. The zero-order valence-corrected chi connectivity index (χ0v) is 14.5. The molecule has 0 radical (unpaired) electrons. The number of benzene rings is 2. The van der Waals surface area contributed by atoms with Gasteiger partial charge in [0.25, 0.3) is 0 Å². The van der Waals surface area contributed by atoms with Crippen molar-refractivity contribution in [3.63, 3.8) is 0 Å². The summed E-state index contributed by atoms with van der Waals surface area (Å²) < 4.78 is 0. The summed E-state index contributed by atoms with van der Waals surface area (Å²) in [5.74, 6) is 1.82. The second kappa shape index (κ2) is 8.33. The van der Waals surface area contributed by atoms with E-state index >= 15 is 0 Å². The number of rotatable bonds is 4. The van der Waals surface area contributed by atoms with Crippen LogP contribution < -0.4 is 0 Å². The fourth-order valence-corrected chi connectivity index (χ4v) is 3.71. The molecule has 24 heavy (non-hydrogen) atoms. The molecule has 1 fully saturated rings. The van der Waals surface area contributed by atoms with Crippen LogP contribution in [0.2, 0.25) is 0 Å². The maximum atomic E-state index is 4.29. The Bertz CT molecular complexity index is 655. The van der Waals surface area contributed by atoms with Gasteiger partial charge < -0.3 is 0 Å². The molecule has 2 aromatic carbocycles. The number of hydrogen-bond donors (Lipinski definition) is 0. The molecule has 0 saturated heterocycles. The Hall–Kier alpha value is -1.82. The highest BCUT2D eigenvalue weighted by molar-refractivity contribution is 5.78. The summed E-state index contributed by atoms with van der Waals surface area (Å²) in [5.41, 5.74) is 6.33. The zero-order valence-electron chi connectivity index (χ0n) is 14.5. The second-order valence-electron chi connectivity index (χ2n) is 7.37. The third-order valence-corrected chi connectivity index (χ3v) is 5.33. The monoisotopic (exact) mass is 320 g/mol. The summed E-state index contributed by atoms with van der Waals surface area (Å²) in [6.45, 7) is 8.81. The average molecular weight is 321 g/mol. The van der Waals surface area contributed by atoms with Gasteiger partial charge in [0.2, 0.25) is 0 Å². The average Bonchev–Trinajstić information content (AvgIpc) is 2.57. The van der Waals surface area contributed by atoms with E-state index in [1.807, 2.05) is 0 Å². The summed E-state index contributed by atoms with van der Waals surface area (Å²) in [7, 11) is 0. The van der Waals surface area contributed by atoms with E-state index in [1.165, 1.54) is 54.4 Å². The molecular formula is C24H32. The van der Waals surface area contributed by atoms with Crippen LogP contribution in [-0.4, -0.2) is 0 Å². The van der Waals surface area contributed by atoms with E-state index in [9.17, 15) is 0 Å². The van der Waals surface area contributed by atoms with Gasteiger partial charge in [0, 0.05) is 0 Å². The van der Waals surface area contributed by atoms with Crippen LogP contribution in [0.5, 0.6) is 0 Å². The van der Waals surface area contributed by atoms with E-state index in [1.54, 1.807) is 0 Å². The molecule has 0 bridgehead atoms. The van der Waals surface area contributed by atoms with Gasteiger partial charge in [0.1, 0.15) is 0 Å². The lowest BCUT2D eigenvalue weighted by Crippen LogP contribution is -2.14. The van der Waals surface area contributed by atoms with Gasteiger partial charge in [0.05, 0.1) is 0 Å². The second-order valence-corrected chi connectivity index (χ2v) is 7.37.